The van der Waals surface area contributed by atoms with E-state index in [4.69, 9.17) is 0 Å². The van der Waals surface area contributed by atoms with Crippen molar-refractivity contribution in [1.82, 2.24) is 9.88 Å². The first-order chi connectivity index (χ1) is 8.25. The van der Waals surface area contributed by atoms with Gasteiger partial charge in [-0.15, -0.1) is 0 Å². The summed E-state index contributed by atoms with van der Waals surface area (Å²) in [5, 5.41) is 3.17. The SMILES string of the molecule is CCNc1cc(C(=O)N(C)C)cc(C(C)(C)C)n1. The van der Waals surface area contributed by atoms with Crippen LogP contribution in [-0.2, 0) is 5.41 Å². The summed E-state index contributed by atoms with van der Waals surface area (Å²) < 4.78 is 0. The Morgan fingerprint density at radius 3 is 2.39 bits per heavy atom. The normalized spacial score (nSPS) is 11.2. The van der Waals surface area contributed by atoms with E-state index in [0.717, 1.165) is 18.1 Å². The van der Waals surface area contributed by atoms with Crippen molar-refractivity contribution in [3.63, 3.8) is 0 Å². The van der Waals surface area contributed by atoms with Gasteiger partial charge < -0.3 is 10.2 Å². The lowest BCUT2D eigenvalue weighted by atomic mass is 9.90. The van der Waals surface area contributed by atoms with E-state index >= 15 is 0 Å². The number of amides is 1. The van der Waals surface area contributed by atoms with Crippen LogP contribution in [0.25, 0.3) is 0 Å². The van der Waals surface area contributed by atoms with Crippen LogP contribution in [0.3, 0.4) is 0 Å². The van der Waals surface area contributed by atoms with E-state index in [1.54, 1.807) is 25.1 Å². The summed E-state index contributed by atoms with van der Waals surface area (Å²) in [6, 6.07) is 3.68. The zero-order valence-electron chi connectivity index (χ0n) is 12.2. The van der Waals surface area contributed by atoms with Crippen LogP contribution in [0.1, 0.15) is 43.7 Å². The first-order valence-electron chi connectivity index (χ1n) is 6.23. The fourth-order valence-corrected chi connectivity index (χ4v) is 1.57. The van der Waals surface area contributed by atoms with Crippen molar-refractivity contribution in [3.05, 3.63) is 23.4 Å². The Morgan fingerprint density at radius 2 is 1.94 bits per heavy atom. The minimum Gasteiger partial charge on any atom is -0.370 e. The molecule has 1 rings (SSSR count). The maximum Gasteiger partial charge on any atom is 0.253 e. The summed E-state index contributed by atoms with van der Waals surface area (Å²) in [6.07, 6.45) is 0. The molecule has 0 unspecified atom stereocenters. The van der Waals surface area contributed by atoms with Crippen molar-refractivity contribution < 1.29 is 4.79 Å². The standard InChI is InChI=1S/C14H23N3O/c1-7-15-12-9-10(13(18)17(5)6)8-11(16-12)14(2,3)4/h8-9H,7H2,1-6H3,(H,15,16). The molecule has 1 aromatic heterocycles. The number of carbonyl (C=O) groups excluding carboxylic acids is 1. The van der Waals surface area contributed by atoms with Crippen LogP contribution in [0.5, 0.6) is 0 Å². The Bertz CT molecular complexity index is 433. The highest BCUT2D eigenvalue weighted by atomic mass is 16.2. The van der Waals surface area contributed by atoms with E-state index in [1.165, 1.54) is 0 Å². The Kier molecular flexibility index (Phi) is 4.33. The van der Waals surface area contributed by atoms with E-state index in [9.17, 15) is 4.79 Å². The molecule has 18 heavy (non-hydrogen) atoms. The van der Waals surface area contributed by atoms with Gasteiger partial charge in [-0.3, -0.25) is 4.79 Å². The van der Waals surface area contributed by atoms with Gasteiger partial charge in [0.1, 0.15) is 5.82 Å². The van der Waals surface area contributed by atoms with Crippen LogP contribution >= 0.6 is 0 Å². The van der Waals surface area contributed by atoms with Crippen molar-refractivity contribution >= 4 is 11.7 Å². The van der Waals surface area contributed by atoms with Crippen LogP contribution in [0.2, 0.25) is 0 Å². The molecular weight excluding hydrogens is 226 g/mol. The van der Waals surface area contributed by atoms with Gasteiger partial charge in [0.15, 0.2) is 0 Å². The van der Waals surface area contributed by atoms with Gasteiger partial charge in [0.25, 0.3) is 5.91 Å². The monoisotopic (exact) mass is 249 g/mol. The van der Waals surface area contributed by atoms with Gasteiger partial charge in [-0.05, 0) is 19.1 Å². The first kappa shape index (κ1) is 14.5. The van der Waals surface area contributed by atoms with Gasteiger partial charge in [0, 0.05) is 37.3 Å². The zero-order valence-corrected chi connectivity index (χ0v) is 12.2. The average Bonchev–Trinajstić information content (AvgIpc) is 2.26. The number of aromatic nitrogens is 1. The second-order valence-electron chi connectivity index (χ2n) is 5.61. The maximum atomic E-state index is 12.1. The first-order valence-corrected chi connectivity index (χ1v) is 6.23. The molecule has 0 fully saturated rings. The summed E-state index contributed by atoms with van der Waals surface area (Å²) in [5.41, 5.74) is 1.52. The molecule has 0 atom stereocenters. The van der Waals surface area contributed by atoms with Gasteiger partial charge in [-0.2, -0.15) is 0 Å². The lowest BCUT2D eigenvalue weighted by Gasteiger charge is -2.21. The van der Waals surface area contributed by atoms with Crippen LogP contribution in [-0.4, -0.2) is 36.4 Å². The molecule has 4 heteroatoms. The number of nitrogens with zero attached hydrogens (tertiary/aromatic N) is 2. The van der Waals surface area contributed by atoms with Crippen LogP contribution < -0.4 is 5.32 Å². The third kappa shape index (κ3) is 3.45. The Morgan fingerprint density at radius 1 is 1.33 bits per heavy atom. The number of carbonyl (C=O) groups is 1. The second kappa shape index (κ2) is 5.38. The molecule has 0 saturated carbocycles. The lowest BCUT2D eigenvalue weighted by Crippen LogP contribution is -2.23. The molecule has 0 aliphatic rings. The van der Waals surface area contributed by atoms with Gasteiger partial charge >= 0.3 is 0 Å². The predicted octanol–water partition coefficient (Wildman–Crippen LogP) is 2.51. The van der Waals surface area contributed by atoms with Gasteiger partial charge in [0.05, 0.1) is 0 Å². The van der Waals surface area contributed by atoms with E-state index in [1.807, 2.05) is 13.0 Å². The molecule has 0 bridgehead atoms. The molecular formula is C14H23N3O. The molecule has 0 saturated heterocycles. The van der Waals surface area contributed by atoms with Gasteiger partial charge in [-0.25, -0.2) is 4.98 Å². The molecule has 4 nitrogen and oxygen atoms in total. The van der Waals surface area contributed by atoms with Crippen LogP contribution in [0.4, 0.5) is 5.82 Å². The number of nitrogens with one attached hydrogen (secondary N) is 1. The zero-order chi connectivity index (χ0) is 13.9. The van der Waals surface area contributed by atoms with E-state index in [0.29, 0.717) is 5.56 Å². The fraction of sp³-hybridized carbons (Fsp3) is 0.571. The second-order valence-corrected chi connectivity index (χ2v) is 5.61. The highest BCUT2D eigenvalue weighted by Gasteiger charge is 2.19. The third-order valence-electron chi connectivity index (χ3n) is 2.60. The summed E-state index contributed by atoms with van der Waals surface area (Å²) in [5.74, 6) is 0.761. The largest absolute Gasteiger partial charge is 0.370 e. The fourth-order valence-electron chi connectivity index (χ4n) is 1.57. The summed E-state index contributed by atoms with van der Waals surface area (Å²) in [6.45, 7) is 9.08. The average molecular weight is 249 g/mol. The summed E-state index contributed by atoms with van der Waals surface area (Å²) in [4.78, 5) is 18.2. The molecule has 0 spiro atoms. The number of hydrogen-bond donors (Lipinski definition) is 1. The van der Waals surface area contributed by atoms with Crippen molar-refractivity contribution in [1.29, 1.82) is 0 Å². The molecule has 100 valence electrons. The lowest BCUT2D eigenvalue weighted by molar-refractivity contribution is 0.0827. The molecule has 1 amide bonds. The molecule has 0 radical (unpaired) electrons. The van der Waals surface area contributed by atoms with Gasteiger partial charge in [0.2, 0.25) is 0 Å². The van der Waals surface area contributed by atoms with Crippen molar-refractivity contribution in [2.45, 2.75) is 33.1 Å². The van der Waals surface area contributed by atoms with E-state index in [2.05, 4.69) is 31.1 Å². The van der Waals surface area contributed by atoms with E-state index in [-0.39, 0.29) is 11.3 Å². The molecule has 1 aromatic rings. The maximum absolute atomic E-state index is 12.1. The van der Waals surface area contributed by atoms with Crippen molar-refractivity contribution in [2.75, 3.05) is 26.0 Å². The van der Waals surface area contributed by atoms with Crippen LogP contribution in [0, 0.1) is 0 Å². The highest BCUT2D eigenvalue weighted by molar-refractivity contribution is 5.94. The summed E-state index contributed by atoms with van der Waals surface area (Å²) >= 11 is 0. The quantitative estimate of drug-likeness (QED) is 0.895. The minimum absolute atomic E-state index is 0.00190. The minimum atomic E-state index is -0.0766. The topological polar surface area (TPSA) is 45.2 Å². The Balaban J connectivity index is 3.26. The number of anilines is 1. The molecule has 1 N–H and O–H groups in total. The Hall–Kier alpha value is -1.58. The smallest absolute Gasteiger partial charge is 0.253 e. The van der Waals surface area contributed by atoms with Crippen molar-refractivity contribution in [2.24, 2.45) is 0 Å². The predicted molar refractivity (Wildman–Crippen MR) is 75.1 cm³/mol. The van der Waals surface area contributed by atoms with Crippen LogP contribution in [0.15, 0.2) is 12.1 Å². The molecule has 0 aliphatic carbocycles. The molecule has 0 aromatic carbocycles. The number of rotatable bonds is 3. The van der Waals surface area contributed by atoms with E-state index < -0.39 is 0 Å². The van der Waals surface area contributed by atoms with Crippen molar-refractivity contribution in [3.8, 4) is 0 Å². The number of hydrogen-bond acceptors (Lipinski definition) is 3. The summed E-state index contributed by atoms with van der Waals surface area (Å²) in [7, 11) is 3.51. The number of pyridine rings is 1. The third-order valence-corrected chi connectivity index (χ3v) is 2.60. The molecule has 0 aliphatic heterocycles. The molecule has 1 heterocycles. The Labute approximate surface area is 109 Å². The highest BCUT2D eigenvalue weighted by Crippen LogP contribution is 2.23. The van der Waals surface area contributed by atoms with Gasteiger partial charge in [-0.1, -0.05) is 20.8 Å².